The van der Waals surface area contributed by atoms with Gasteiger partial charge in [-0.05, 0) is 26.0 Å². The summed E-state index contributed by atoms with van der Waals surface area (Å²) in [5.74, 6) is -0.248. The topological polar surface area (TPSA) is 43.8 Å². The van der Waals surface area contributed by atoms with Crippen LogP contribution in [0.4, 0.5) is 4.39 Å². The zero-order valence-electron chi connectivity index (χ0n) is 10.0. The molecule has 0 saturated heterocycles. The molecule has 0 radical (unpaired) electrons. The monoisotopic (exact) mass is 233 g/mol. The summed E-state index contributed by atoms with van der Waals surface area (Å²) in [6, 6.07) is 6.48. The smallest absolute Gasteiger partial charge is 0.123 e. The van der Waals surface area contributed by atoms with Crippen molar-refractivity contribution in [1.82, 2.24) is 9.55 Å². The number of nitrogens with two attached hydrogens (primary N) is 1. The number of hydrogen-bond acceptors (Lipinski definition) is 2. The molecule has 0 amide bonds. The average molecular weight is 233 g/mol. The van der Waals surface area contributed by atoms with Crippen LogP contribution in [-0.2, 0) is 6.54 Å². The maximum absolute atomic E-state index is 13.2. The molecule has 0 unspecified atom stereocenters. The Bertz CT molecular complexity index is 511. The van der Waals surface area contributed by atoms with Crippen LogP contribution in [0.2, 0.25) is 0 Å². The lowest BCUT2D eigenvalue weighted by molar-refractivity contribution is 0.436. The summed E-state index contributed by atoms with van der Waals surface area (Å²) in [5.41, 5.74) is 7.34. The molecule has 2 rings (SSSR count). The van der Waals surface area contributed by atoms with E-state index < -0.39 is 0 Å². The molecule has 2 aromatic rings. The van der Waals surface area contributed by atoms with Crippen LogP contribution in [0.5, 0.6) is 0 Å². The molecule has 0 aliphatic heterocycles. The van der Waals surface area contributed by atoms with Crippen molar-refractivity contribution in [2.45, 2.75) is 25.9 Å². The molecule has 0 aliphatic carbocycles. The summed E-state index contributed by atoms with van der Waals surface area (Å²) < 4.78 is 15.1. The molecule has 4 heteroatoms. The first-order valence-electron chi connectivity index (χ1n) is 5.51. The molecular weight excluding hydrogens is 217 g/mol. The highest BCUT2D eigenvalue weighted by atomic mass is 19.1. The van der Waals surface area contributed by atoms with Gasteiger partial charge in [-0.2, -0.15) is 0 Å². The fourth-order valence-electron chi connectivity index (χ4n) is 1.77. The van der Waals surface area contributed by atoms with E-state index in [4.69, 9.17) is 5.73 Å². The van der Waals surface area contributed by atoms with Crippen LogP contribution in [0, 0.1) is 5.82 Å². The molecule has 0 fully saturated rings. The van der Waals surface area contributed by atoms with Crippen LogP contribution < -0.4 is 5.73 Å². The molecule has 2 N–H and O–H groups in total. The summed E-state index contributed by atoms with van der Waals surface area (Å²) >= 11 is 0. The van der Waals surface area contributed by atoms with Gasteiger partial charge in [0.1, 0.15) is 5.82 Å². The Hall–Kier alpha value is -1.68. The predicted molar refractivity (Wildman–Crippen MR) is 65.9 cm³/mol. The van der Waals surface area contributed by atoms with Crippen LogP contribution >= 0.6 is 0 Å². The van der Waals surface area contributed by atoms with Crippen LogP contribution in [-0.4, -0.2) is 15.1 Å². The van der Waals surface area contributed by atoms with E-state index in [1.54, 1.807) is 18.6 Å². The Labute approximate surface area is 100 Å². The van der Waals surface area contributed by atoms with Crippen molar-refractivity contribution in [1.29, 1.82) is 0 Å². The summed E-state index contributed by atoms with van der Waals surface area (Å²) in [6.45, 7) is 4.53. The second kappa shape index (κ2) is 4.30. The lowest BCUT2D eigenvalue weighted by Gasteiger charge is -2.20. The molecule has 90 valence electrons. The molecule has 0 atom stereocenters. The molecule has 1 aromatic carbocycles. The van der Waals surface area contributed by atoms with Crippen molar-refractivity contribution in [2.75, 3.05) is 0 Å². The lowest BCUT2D eigenvalue weighted by Crippen LogP contribution is -2.37. The highest BCUT2D eigenvalue weighted by molar-refractivity contribution is 5.58. The van der Waals surface area contributed by atoms with Gasteiger partial charge < -0.3 is 10.3 Å². The minimum atomic E-state index is -0.331. The minimum absolute atomic E-state index is 0.248. The molecule has 17 heavy (non-hydrogen) atoms. The SMILES string of the molecule is CC(C)(N)Cn1cncc1-c1cccc(F)c1. The van der Waals surface area contributed by atoms with Crippen molar-refractivity contribution >= 4 is 0 Å². The molecular formula is C13H16FN3. The largest absolute Gasteiger partial charge is 0.329 e. The number of benzene rings is 1. The van der Waals surface area contributed by atoms with Gasteiger partial charge in [0, 0.05) is 17.6 Å². The summed E-state index contributed by atoms with van der Waals surface area (Å²) in [4.78, 5) is 4.10. The maximum Gasteiger partial charge on any atom is 0.123 e. The number of nitrogens with zero attached hydrogens (tertiary/aromatic N) is 2. The summed E-state index contributed by atoms with van der Waals surface area (Å²) in [6.07, 6.45) is 3.44. The molecule has 1 aromatic heterocycles. The average Bonchev–Trinajstić information content (AvgIpc) is 2.63. The van der Waals surface area contributed by atoms with Gasteiger partial charge in [-0.15, -0.1) is 0 Å². The van der Waals surface area contributed by atoms with Crippen molar-refractivity contribution in [2.24, 2.45) is 5.73 Å². The van der Waals surface area contributed by atoms with E-state index in [0.29, 0.717) is 6.54 Å². The first-order chi connectivity index (χ1) is 7.96. The first kappa shape index (κ1) is 11.8. The quantitative estimate of drug-likeness (QED) is 0.884. The van der Waals surface area contributed by atoms with Crippen LogP contribution in [0.25, 0.3) is 11.3 Å². The second-order valence-corrected chi connectivity index (χ2v) is 4.91. The maximum atomic E-state index is 13.2. The van der Waals surface area contributed by atoms with Gasteiger partial charge in [0.15, 0.2) is 0 Å². The zero-order valence-corrected chi connectivity index (χ0v) is 10.0. The summed E-state index contributed by atoms with van der Waals surface area (Å²) in [7, 11) is 0. The van der Waals surface area contributed by atoms with Crippen molar-refractivity contribution in [3.63, 3.8) is 0 Å². The Morgan fingerprint density at radius 1 is 1.41 bits per heavy atom. The Balaban J connectivity index is 2.37. The van der Waals surface area contributed by atoms with Gasteiger partial charge in [0.05, 0.1) is 18.2 Å². The van der Waals surface area contributed by atoms with Crippen molar-refractivity contribution in [3.05, 3.63) is 42.6 Å². The minimum Gasteiger partial charge on any atom is -0.329 e. The molecule has 0 bridgehead atoms. The van der Waals surface area contributed by atoms with Crippen molar-refractivity contribution < 1.29 is 4.39 Å². The van der Waals surface area contributed by atoms with E-state index >= 15 is 0 Å². The van der Waals surface area contributed by atoms with E-state index in [1.165, 1.54) is 12.1 Å². The van der Waals surface area contributed by atoms with Gasteiger partial charge in [-0.1, -0.05) is 12.1 Å². The van der Waals surface area contributed by atoms with Gasteiger partial charge >= 0.3 is 0 Å². The van der Waals surface area contributed by atoms with E-state index in [-0.39, 0.29) is 11.4 Å². The molecule has 0 aliphatic rings. The highest BCUT2D eigenvalue weighted by Gasteiger charge is 2.14. The normalized spacial score (nSPS) is 11.8. The predicted octanol–water partition coefficient (Wildman–Crippen LogP) is 2.43. The third-order valence-electron chi connectivity index (χ3n) is 2.41. The standard InChI is InChI=1S/C13H16FN3/c1-13(2,15)8-17-9-16-7-12(17)10-4-3-5-11(14)6-10/h3-7,9H,8,15H2,1-2H3. The lowest BCUT2D eigenvalue weighted by atomic mass is 10.1. The second-order valence-electron chi connectivity index (χ2n) is 4.91. The number of aromatic nitrogens is 2. The Kier molecular flexibility index (Phi) is 2.98. The molecule has 0 saturated carbocycles. The Morgan fingerprint density at radius 2 is 2.18 bits per heavy atom. The molecule has 1 heterocycles. The molecule has 0 spiro atoms. The highest BCUT2D eigenvalue weighted by Crippen LogP contribution is 2.20. The third kappa shape index (κ3) is 2.91. The fraction of sp³-hybridized carbons (Fsp3) is 0.308. The van der Waals surface area contributed by atoms with Gasteiger partial charge in [-0.3, -0.25) is 0 Å². The van der Waals surface area contributed by atoms with Gasteiger partial charge in [0.2, 0.25) is 0 Å². The number of halogens is 1. The number of hydrogen-bond donors (Lipinski definition) is 1. The van der Waals surface area contributed by atoms with Crippen molar-refractivity contribution in [3.8, 4) is 11.3 Å². The van der Waals surface area contributed by atoms with Crippen LogP contribution in [0.3, 0.4) is 0 Å². The van der Waals surface area contributed by atoms with Gasteiger partial charge in [-0.25, -0.2) is 9.37 Å². The number of imidazole rings is 1. The van der Waals surface area contributed by atoms with E-state index in [1.807, 2.05) is 24.5 Å². The third-order valence-corrected chi connectivity index (χ3v) is 2.41. The Morgan fingerprint density at radius 3 is 2.82 bits per heavy atom. The van der Waals surface area contributed by atoms with E-state index in [2.05, 4.69) is 4.98 Å². The van der Waals surface area contributed by atoms with Crippen LogP contribution in [0.15, 0.2) is 36.8 Å². The van der Waals surface area contributed by atoms with E-state index in [0.717, 1.165) is 11.3 Å². The van der Waals surface area contributed by atoms with Crippen LogP contribution in [0.1, 0.15) is 13.8 Å². The number of rotatable bonds is 3. The first-order valence-corrected chi connectivity index (χ1v) is 5.51. The summed E-state index contributed by atoms with van der Waals surface area (Å²) in [5, 5.41) is 0. The zero-order chi connectivity index (χ0) is 12.5. The van der Waals surface area contributed by atoms with E-state index in [9.17, 15) is 4.39 Å². The molecule has 3 nitrogen and oxygen atoms in total. The fourth-order valence-corrected chi connectivity index (χ4v) is 1.77. The van der Waals surface area contributed by atoms with Gasteiger partial charge in [0.25, 0.3) is 0 Å².